The van der Waals surface area contributed by atoms with Crippen molar-refractivity contribution in [1.82, 2.24) is 10.2 Å². The molecule has 1 saturated carbocycles. The zero-order valence-electron chi connectivity index (χ0n) is 20.2. The molecule has 2 aromatic carbocycles. The Morgan fingerprint density at radius 1 is 1.08 bits per heavy atom. The second-order valence-corrected chi connectivity index (χ2v) is 9.79. The standard InChI is InChI=1S/C27H30FN3O5/c1-31-22-10-9-20(13-25(32)29-14-16-2-3-16)36-24(22)15-35-23-11-8-19(12-21(23)27(31)34)30-26(33)17-4-6-18(28)7-5-17/h4-8,11-12,16,20,22,24H,2-3,9-10,13-15H2,1H3,(H,29,32)(H,30,33)/t20-,22+,24-/m0/s1. The van der Waals surface area contributed by atoms with Gasteiger partial charge in [0.25, 0.3) is 11.8 Å². The minimum absolute atomic E-state index is 0.00195. The molecule has 1 aliphatic carbocycles. The predicted octanol–water partition coefficient (Wildman–Crippen LogP) is 3.37. The van der Waals surface area contributed by atoms with Gasteiger partial charge in [-0.1, -0.05) is 0 Å². The molecule has 2 fully saturated rings. The van der Waals surface area contributed by atoms with E-state index in [0.29, 0.717) is 47.7 Å². The summed E-state index contributed by atoms with van der Waals surface area (Å²) in [7, 11) is 1.74. The summed E-state index contributed by atoms with van der Waals surface area (Å²) in [4.78, 5) is 39.9. The monoisotopic (exact) mass is 495 g/mol. The number of halogens is 1. The Bertz CT molecular complexity index is 1150. The number of rotatable bonds is 6. The van der Waals surface area contributed by atoms with E-state index in [1.807, 2.05) is 0 Å². The number of anilines is 1. The maximum absolute atomic E-state index is 13.4. The van der Waals surface area contributed by atoms with Gasteiger partial charge in [-0.3, -0.25) is 14.4 Å². The van der Waals surface area contributed by atoms with Crippen molar-refractivity contribution in [2.45, 2.75) is 50.4 Å². The Kier molecular flexibility index (Phi) is 6.91. The highest BCUT2D eigenvalue weighted by atomic mass is 19.1. The molecular weight excluding hydrogens is 465 g/mol. The largest absolute Gasteiger partial charge is 0.490 e. The highest BCUT2D eigenvalue weighted by molar-refractivity contribution is 6.05. The van der Waals surface area contributed by atoms with Gasteiger partial charge in [0.15, 0.2) is 0 Å². The first-order valence-electron chi connectivity index (χ1n) is 12.4. The third-order valence-corrected chi connectivity index (χ3v) is 7.07. The first-order chi connectivity index (χ1) is 17.4. The molecule has 3 atom stereocenters. The maximum Gasteiger partial charge on any atom is 0.257 e. The number of nitrogens with one attached hydrogen (secondary N) is 2. The van der Waals surface area contributed by atoms with Crippen molar-refractivity contribution in [3.8, 4) is 5.75 Å². The lowest BCUT2D eigenvalue weighted by Gasteiger charge is -2.42. The number of fused-ring (bicyclic) bond motifs is 2. The Hall–Kier alpha value is -3.46. The third-order valence-electron chi connectivity index (χ3n) is 7.07. The molecular formula is C27H30FN3O5. The predicted molar refractivity (Wildman–Crippen MR) is 130 cm³/mol. The normalized spacial score (nSPS) is 23.4. The van der Waals surface area contributed by atoms with Crippen LogP contribution in [0.15, 0.2) is 42.5 Å². The van der Waals surface area contributed by atoms with E-state index in [9.17, 15) is 18.8 Å². The van der Waals surface area contributed by atoms with Crippen LogP contribution in [0.2, 0.25) is 0 Å². The highest BCUT2D eigenvalue weighted by Crippen LogP contribution is 2.33. The summed E-state index contributed by atoms with van der Waals surface area (Å²) in [6, 6.07) is 9.93. The van der Waals surface area contributed by atoms with Gasteiger partial charge in [-0.2, -0.15) is 0 Å². The van der Waals surface area contributed by atoms with Gasteiger partial charge >= 0.3 is 0 Å². The third kappa shape index (κ3) is 5.51. The summed E-state index contributed by atoms with van der Waals surface area (Å²) in [6.45, 7) is 0.984. The second kappa shape index (κ2) is 10.3. The average molecular weight is 496 g/mol. The van der Waals surface area contributed by atoms with Gasteiger partial charge in [-0.25, -0.2) is 4.39 Å². The van der Waals surface area contributed by atoms with E-state index in [1.165, 1.54) is 37.1 Å². The smallest absolute Gasteiger partial charge is 0.257 e. The van der Waals surface area contributed by atoms with Crippen LogP contribution in [0.4, 0.5) is 10.1 Å². The van der Waals surface area contributed by atoms with E-state index in [-0.39, 0.29) is 36.7 Å². The van der Waals surface area contributed by atoms with Crippen molar-refractivity contribution in [2.24, 2.45) is 5.92 Å². The first kappa shape index (κ1) is 24.2. The number of carbonyl (C=O) groups excluding carboxylic acids is 3. The summed E-state index contributed by atoms with van der Waals surface area (Å²) in [5.74, 6) is -0.0370. The lowest BCUT2D eigenvalue weighted by molar-refractivity contribution is -0.134. The fraction of sp³-hybridized carbons (Fsp3) is 0.444. The van der Waals surface area contributed by atoms with Gasteiger partial charge in [0.2, 0.25) is 5.91 Å². The molecule has 190 valence electrons. The van der Waals surface area contributed by atoms with E-state index in [2.05, 4.69) is 10.6 Å². The van der Waals surface area contributed by atoms with E-state index < -0.39 is 11.7 Å². The van der Waals surface area contributed by atoms with Crippen LogP contribution in [-0.4, -0.2) is 61.1 Å². The molecule has 1 saturated heterocycles. The number of hydrogen-bond acceptors (Lipinski definition) is 5. The van der Waals surface area contributed by atoms with Crippen molar-refractivity contribution in [3.63, 3.8) is 0 Å². The van der Waals surface area contributed by atoms with Crippen LogP contribution in [0.25, 0.3) is 0 Å². The minimum Gasteiger partial charge on any atom is -0.490 e. The molecule has 36 heavy (non-hydrogen) atoms. The average Bonchev–Trinajstić information content (AvgIpc) is 3.70. The highest BCUT2D eigenvalue weighted by Gasteiger charge is 2.39. The Balaban J connectivity index is 1.25. The molecule has 0 bridgehead atoms. The molecule has 2 aliphatic heterocycles. The fourth-order valence-corrected chi connectivity index (χ4v) is 4.77. The second-order valence-electron chi connectivity index (χ2n) is 9.79. The van der Waals surface area contributed by atoms with E-state index in [1.54, 1.807) is 30.1 Å². The minimum atomic E-state index is -0.424. The topological polar surface area (TPSA) is 97.0 Å². The van der Waals surface area contributed by atoms with Crippen LogP contribution in [0.5, 0.6) is 5.75 Å². The quantitative estimate of drug-likeness (QED) is 0.641. The zero-order chi connectivity index (χ0) is 25.2. The molecule has 9 heteroatoms. The molecule has 2 N–H and O–H groups in total. The molecule has 0 radical (unpaired) electrons. The molecule has 3 aliphatic rings. The van der Waals surface area contributed by atoms with Crippen molar-refractivity contribution in [1.29, 1.82) is 0 Å². The van der Waals surface area contributed by atoms with Crippen molar-refractivity contribution in [3.05, 3.63) is 59.4 Å². The van der Waals surface area contributed by atoms with Crippen molar-refractivity contribution < 1.29 is 28.2 Å². The first-order valence-corrected chi connectivity index (χ1v) is 12.4. The Labute approximate surface area is 209 Å². The molecule has 0 aromatic heterocycles. The van der Waals surface area contributed by atoms with Crippen LogP contribution in [-0.2, 0) is 9.53 Å². The van der Waals surface area contributed by atoms with Gasteiger partial charge in [-0.15, -0.1) is 0 Å². The lowest BCUT2D eigenvalue weighted by Crippen LogP contribution is -2.54. The summed E-state index contributed by atoms with van der Waals surface area (Å²) < 4.78 is 25.4. The van der Waals surface area contributed by atoms with Crippen molar-refractivity contribution >= 4 is 23.4 Å². The number of amides is 3. The Morgan fingerprint density at radius 3 is 2.61 bits per heavy atom. The van der Waals surface area contributed by atoms with Gasteiger partial charge in [0, 0.05) is 24.8 Å². The van der Waals surface area contributed by atoms with E-state index >= 15 is 0 Å². The number of carbonyl (C=O) groups is 3. The van der Waals surface area contributed by atoms with Gasteiger partial charge < -0.3 is 25.0 Å². The summed E-state index contributed by atoms with van der Waals surface area (Å²) in [5.41, 5.74) is 1.08. The Morgan fingerprint density at radius 2 is 1.86 bits per heavy atom. The van der Waals surface area contributed by atoms with Crippen LogP contribution in [0, 0.1) is 11.7 Å². The summed E-state index contributed by atoms with van der Waals surface area (Å²) >= 11 is 0. The molecule has 5 rings (SSSR count). The number of hydrogen-bond donors (Lipinski definition) is 2. The van der Waals surface area contributed by atoms with E-state index in [0.717, 1.165) is 6.54 Å². The van der Waals surface area contributed by atoms with Crippen LogP contribution >= 0.6 is 0 Å². The molecule has 8 nitrogen and oxygen atoms in total. The summed E-state index contributed by atoms with van der Waals surface area (Å²) in [6.07, 6.45) is 3.50. The number of likely N-dealkylation sites (N-methyl/N-ethyl adjacent to an activating group) is 1. The molecule has 2 heterocycles. The molecule has 2 aromatic rings. The van der Waals surface area contributed by atoms with Gasteiger partial charge in [-0.05, 0) is 74.1 Å². The fourth-order valence-electron chi connectivity index (χ4n) is 4.77. The van der Waals surface area contributed by atoms with Crippen LogP contribution in [0.1, 0.15) is 52.8 Å². The zero-order valence-corrected chi connectivity index (χ0v) is 20.2. The molecule has 0 unspecified atom stereocenters. The van der Waals surface area contributed by atoms with Crippen LogP contribution in [0.3, 0.4) is 0 Å². The maximum atomic E-state index is 13.4. The van der Waals surface area contributed by atoms with Gasteiger partial charge in [0.1, 0.15) is 24.3 Å². The molecule has 3 amide bonds. The van der Waals surface area contributed by atoms with Crippen molar-refractivity contribution in [2.75, 3.05) is 25.5 Å². The number of ether oxygens (including phenoxy) is 2. The number of nitrogens with zero attached hydrogens (tertiary/aromatic N) is 1. The van der Waals surface area contributed by atoms with Crippen LogP contribution < -0.4 is 15.4 Å². The lowest BCUT2D eigenvalue weighted by atomic mass is 9.94. The SMILES string of the molecule is CN1C(=O)c2cc(NC(=O)c3ccc(F)cc3)ccc2OC[C@@H]2O[C@H](CC(=O)NCC3CC3)CC[C@H]21. The van der Waals surface area contributed by atoms with Gasteiger partial charge in [0.05, 0.1) is 24.1 Å². The number of benzene rings is 2. The van der Waals surface area contributed by atoms with E-state index in [4.69, 9.17) is 9.47 Å². The summed E-state index contributed by atoms with van der Waals surface area (Å²) in [5, 5.41) is 5.74. The molecule has 0 spiro atoms.